The zero-order valence-corrected chi connectivity index (χ0v) is 10.1. The fourth-order valence-corrected chi connectivity index (χ4v) is 0. The van der Waals surface area contributed by atoms with Gasteiger partial charge >= 0.3 is 29.6 Å². The van der Waals surface area contributed by atoms with Crippen molar-refractivity contribution in [3.63, 3.8) is 0 Å². The molecule has 0 saturated heterocycles. The third-order valence-electron chi connectivity index (χ3n) is 0. The van der Waals surface area contributed by atoms with Crippen LogP contribution in [-0.2, 0) is 10.4 Å². The van der Waals surface area contributed by atoms with Gasteiger partial charge in [-0.2, -0.15) is 0 Å². The van der Waals surface area contributed by atoms with E-state index < -0.39 is 10.4 Å². The minimum atomic E-state index is -5.17. The molecule has 0 aliphatic rings. The predicted molar refractivity (Wildman–Crippen MR) is 33.1 cm³/mol. The van der Waals surface area contributed by atoms with Gasteiger partial charge in [-0.15, -0.1) is 0 Å². The minimum absolute atomic E-state index is 0. The minimum Gasteiger partial charge on any atom is -0.759 e. The number of rotatable bonds is 0. The number of quaternary nitrogens is 1. The summed E-state index contributed by atoms with van der Waals surface area (Å²) in [5, 5.41) is 0. The van der Waals surface area contributed by atoms with Crippen molar-refractivity contribution in [2.24, 2.45) is 0 Å². The van der Waals surface area contributed by atoms with Gasteiger partial charge in [-0.1, -0.05) is 0 Å². The van der Waals surface area contributed by atoms with Gasteiger partial charge in [0.05, 0.1) is 5.54 Å². The van der Waals surface area contributed by atoms with Gasteiger partial charge < -0.3 is 14.8 Å². The zero-order valence-electron chi connectivity index (χ0n) is 7.25. The Morgan fingerprint density at radius 1 is 1.18 bits per heavy atom. The molecule has 0 aliphatic carbocycles. The van der Waals surface area contributed by atoms with Crippen molar-refractivity contribution in [1.82, 2.24) is 0 Å². The van der Waals surface area contributed by atoms with E-state index in [0.717, 1.165) is 0 Å². The Morgan fingerprint density at radius 2 is 1.18 bits per heavy atom. The first-order valence-corrected chi connectivity index (χ1v) is 3.85. The van der Waals surface area contributed by atoms with E-state index in [0.29, 0.717) is 0 Å². The van der Waals surface area contributed by atoms with Crippen molar-refractivity contribution in [2.75, 3.05) is 0 Å². The second-order valence-corrected chi connectivity index (χ2v) is 3.79. The van der Waals surface area contributed by atoms with E-state index in [2.05, 4.69) is 26.5 Å². The third-order valence-corrected chi connectivity index (χ3v) is 0. The molecule has 64 valence electrons. The SMILES string of the molecule is CC(C)(C)[NH3+].O=S(=O)([O-])[O-].[Na+]. The Balaban J connectivity index is -0.000000107. The summed E-state index contributed by atoms with van der Waals surface area (Å²) in [7, 11) is -5.17. The van der Waals surface area contributed by atoms with Crippen molar-refractivity contribution < 1.29 is 52.8 Å². The smallest absolute Gasteiger partial charge is 0.759 e. The summed E-state index contributed by atoms with van der Waals surface area (Å²) in [5.74, 6) is 0. The normalized spacial score (nSPS) is 10.7. The Labute approximate surface area is 89.2 Å². The van der Waals surface area contributed by atoms with Crippen molar-refractivity contribution in [1.29, 1.82) is 0 Å². The second-order valence-electron chi connectivity index (χ2n) is 2.97. The molecule has 0 saturated carbocycles. The van der Waals surface area contributed by atoms with Crippen LogP contribution in [-0.4, -0.2) is 23.1 Å². The molecule has 0 atom stereocenters. The summed E-state index contributed by atoms with van der Waals surface area (Å²) in [6.07, 6.45) is 0. The Bertz CT molecular complexity index is 157. The average Bonchev–Trinajstić information content (AvgIpc) is 1.12. The summed E-state index contributed by atoms with van der Waals surface area (Å²) >= 11 is 0. The van der Waals surface area contributed by atoms with Crippen LogP contribution in [0.5, 0.6) is 0 Å². The maximum Gasteiger partial charge on any atom is 1.00 e. The first-order valence-electron chi connectivity index (χ1n) is 2.52. The summed E-state index contributed by atoms with van der Waals surface area (Å²) in [6, 6.07) is 0. The molecular weight excluding hydrogens is 181 g/mol. The van der Waals surface area contributed by atoms with Gasteiger partial charge in [-0.25, -0.2) is 0 Å². The first kappa shape index (κ1) is 17.8. The van der Waals surface area contributed by atoms with Crippen LogP contribution in [0.3, 0.4) is 0 Å². The van der Waals surface area contributed by atoms with Crippen LogP contribution in [0.15, 0.2) is 0 Å². The standard InChI is InChI=1S/C4H11N.Na.H2O4S/c1-4(2,3)5;;1-5(2,3)4/h5H2,1-3H3;;(H2,1,2,3,4)/q;+1;/p-1. The molecule has 7 heteroatoms. The van der Waals surface area contributed by atoms with Crippen LogP contribution in [0.2, 0.25) is 0 Å². The molecule has 0 amide bonds. The Morgan fingerprint density at radius 3 is 1.18 bits per heavy atom. The topological polar surface area (TPSA) is 108 Å². The molecular formula is C4H12NNaO4S. The monoisotopic (exact) mass is 193 g/mol. The van der Waals surface area contributed by atoms with Crippen molar-refractivity contribution in [3.8, 4) is 0 Å². The van der Waals surface area contributed by atoms with Crippen LogP contribution in [0.1, 0.15) is 20.8 Å². The molecule has 3 N–H and O–H groups in total. The van der Waals surface area contributed by atoms with Gasteiger partial charge in [0.25, 0.3) is 0 Å². The molecule has 0 heterocycles. The van der Waals surface area contributed by atoms with Gasteiger partial charge in [-0.05, 0) is 20.8 Å². The fourth-order valence-electron chi connectivity index (χ4n) is 0. The van der Waals surface area contributed by atoms with E-state index in [1.54, 1.807) is 0 Å². The number of hydrogen-bond acceptors (Lipinski definition) is 4. The summed E-state index contributed by atoms with van der Waals surface area (Å²) in [4.78, 5) is 0. The molecule has 0 bridgehead atoms. The average molecular weight is 193 g/mol. The van der Waals surface area contributed by atoms with Crippen LogP contribution >= 0.6 is 0 Å². The molecule has 11 heavy (non-hydrogen) atoms. The van der Waals surface area contributed by atoms with Gasteiger partial charge in [0.15, 0.2) is 0 Å². The fraction of sp³-hybridized carbons (Fsp3) is 1.00. The summed E-state index contributed by atoms with van der Waals surface area (Å²) in [6.45, 7) is 6.23. The van der Waals surface area contributed by atoms with E-state index in [-0.39, 0.29) is 35.1 Å². The van der Waals surface area contributed by atoms with Crippen LogP contribution in [0, 0.1) is 0 Å². The van der Waals surface area contributed by atoms with Crippen LogP contribution in [0.4, 0.5) is 0 Å². The van der Waals surface area contributed by atoms with Gasteiger partial charge in [-0.3, -0.25) is 8.42 Å². The summed E-state index contributed by atoms with van der Waals surface area (Å²) < 4.78 is 34.1. The molecule has 0 unspecified atom stereocenters. The molecule has 0 aliphatic heterocycles. The molecule has 0 spiro atoms. The molecule has 0 aromatic heterocycles. The van der Waals surface area contributed by atoms with E-state index in [1.165, 1.54) is 0 Å². The van der Waals surface area contributed by atoms with Crippen molar-refractivity contribution in [2.45, 2.75) is 26.3 Å². The first-order chi connectivity index (χ1) is 4.00. The molecule has 0 radical (unpaired) electrons. The third kappa shape index (κ3) is 1230. The maximum atomic E-state index is 8.52. The molecule has 5 nitrogen and oxygen atoms in total. The number of hydrogen-bond donors (Lipinski definition) is 1. The zero-order chi connectivity index (χ0) is 9.00. The molecule has 0 fully saturated rings. The van der Waals surface area contributed by atoms with Gasteiger partial charge in [0, 0.05) is 10.4 Å². The Hall–Kier alpha value is 0.830. The van der Waals surface area contributed by atoms with Crippen LogP contribution in [0.25, 0.3) is 0 Å². The summed E-state index contributed by atoms with van der Waals surface area (Å²) in [5.41, 5.74) is 4.02. The largest absolute Gasteiger partial charge is 1.00 e. The van der Waals surface area contributed by atoms with Crippen molar-refractivity contribution in [3.05, 3.63) is 0 Å². The Kier molecular flexibility index (Phi) is 10.3. The van der Waals surface area contributed by atoms with E-state index >= 15 is 0 Å². The molecule has 0 aromatic carbocycles. The van der Waals surface area contributed by atoms with Gasteiger partial charge in [0.2, 0.25) is 0 Å². The quantitative estimate of drug-likeness (QED) is 0.238. The second kappa shape index (κ2) is 6.36. The van der Waals surface area contributed by atoms with Crippen LogP contribution < -0.4 is 35.3 Å². The van der Waals surface area contributed by atoms with E-state index in [9.17, 15) is 0 Å². The van der Waals surface area contributed by atoms with Gasteiger partial charge in [0.1, 0.15) is 0 Å². The molecule has 0 rings (SSSR count). The predicted octanol–water partition coefficient (Wildman–Crippen LogP) is -4.31. The van der Waals surface area contributed by atoms with Crippen molar-refractivity contribution >= 4 is 10.4 Å². The molecule has 0 aromatic rings. The van der Waals surface area contributed by atoms with E-state index in [1.807, 2.05) is 0 Å². The maximum absolute atomic E-state index is 8.52. The van der Waals surface area contributed by atoms with E-state index in [4.69, 9.17) is 17.5 Å².